The number of hydrogen-bond donors (Lipinski definition) is 0. The summed E-state index contributed by atoms with van der Waals surface area (Å²) in [7, 11) is 3.04. The molecule has 32 heavy (non-hydrogen) atoms. The van der Waals surface area contributed by atoms with Crippen LogP contribution in [0.4, 0.5) is 0 Å². The summed E-state index contributed by atoms with van der Waals surface area (Å²) >= 11 is 1.43. The Bertz CT molecular complexity index is 1400. The van der Waals surface area contributed by atoms with Crippen LogP contribution in [0.25, 0.3) is 21.5 Å². The maximum absolute atomic E-state index is 13.1. The number of fused-ring (bicyclic) bond motifs is 1. The van der Waals surface area contributed by atoms with Crippen LogP contribution >= 0.6 is 11.3 Å². The highest BCUT2D eigenvalue weighted by atomic mass is 32.1. The second-order valence-electron chi connectivity index (χ2n) is 7.53. The Kier molecular flexibility index (Phi) is 5.80. The molecule has 0 aliphatic heterocycles. The van der Waals surface area contributed by atoms with Crippen LogP contribution in [0.15, 0.2) is 41.2 Å². The first-order chi connectivity index (χ1) is 15.3. The number of aryl methyl sites for hydroxylation is 3. The second-order valence-corrected chi connectivity index (χ2v) is 8.74. The van der Waals surface area contributed by atoms with Crippen molar-refractivity contribution in [3.05, 3.63) is 68.4 Å². The minimum atomic E-state index is -0.383. The van der Waals surface area contributed by atoms with Crippen molar-refractivity contribution in [1.82, 2.24) is 14.8 Å². The van der Waals surface area contributed by atoms with E-state index in [2.05, 4.69) is 16.1 Å². The quantitative estimate of drug-likeness (QED) is 0.407. The minimum Gasteiger partial charge on any atom is -0.493 e. The van der Waals surface area contributed by atoms with Crippen LogP contribution in [0.5, 0.6) is 11.5 Å². The monoisotopic (exact) mass is 449 g/mol. The molecule has 2 aromatic heterocycles. The van der Waals surface area contributed by atoms with Gasteiger partial charge in [-0.2, -0.15) is 5.10 Å². The standard InChI is InChI=1S/C24H23N3O4S/c1-13-6-8-17(14(2)10-13)21-23-22(25-15(3)32-23)24(29)27(26-21)12-18(28)16-7-9-19(30-4)20(11-16)31-5/h6-11H,12H2,1-5H3. The van der Waals surface area contributed by atoms with Crippen LogP contribution in [0.3, 0.4) is 0 Å². The summed E-state index contributed by atoms with van der Waals surface area (Å²) in [5.41, 5.74) is 4.10. The third kappa shape index (κ3) is 3.89. The average molecular weight is 450 g/mol. The van der Waals surface area contributed by atoms with E-state index < -0.39 is 0 Å². The van der Waals surface area contributed by atoms with Crippen molar-refractivity contribution in [1.29, 1.82) is 0 Å². The molecule has 0 N–H and O–H groups in total. The highest BCUT2D eigenvalue weighted by molar-refractivity contribution is 7.19. The SMILES string of the molecule is COc1ccc(C(=O)Cn2nc(-c3ccc(C)cc3C)c3sc(C)nc3c2=O)cc1OC. The molecule has 0 spiro atoms. The van der Waals surface area contributed by atoms with Gasteiger partial charge in [0.25, 0.3) is 5.56 Å². The normalized spacial score (nSPS) is 11.0. The molecule has 7 nitrogen and oxygen atoms in total. The van der Waals surface area contributed by atoms with Crippen LogP contribution in [-0.2, 0) is 6.54 Å². The lowest BCUT2D eigenvalue weighted by Crippen LogP contribution is -2.27. The molecule has 0 saturated carbocycles. The lowest BCUT2D eigenvalue weighted by atomic mass is 10.0. The topological polar surface area (TPSA) is 83.3 Å². The summed E-state index contributed by atoms with van der Waals surface area (Å²) in [5, 5.41) is 5.39. The number of aromatic nitrogens is 3. The third-order valence-corrected chi connectivity index (χ3v) is 6.22. The molecule has 0 unspecified atom stereocenters. The number of ketones is 1. The van der Waals surface area contributed by atoms with Gasteiger partial charge in [0.15, 0.2) is 22.8 Å². The average Bonchev–Trinajstić information content (AvgIpc) is 3.17. The van der Waals surface area contributed by atoms with Crippen molar-refractivity contribution in [2.45, 2.75) is 27.3 Å². The Morgan fingerprint density at radius 1 is 1.03 bits per heavy atom. The van der Waals surface area contributed by atoms with Crippen molar-refractivity contribution in [3.63, 3.8) is 0 Å². The first-order valence-corrected chi connectivity index (χ1v) is 10.8. The van der Waals surface area contributed by atoms with Gasteiger partial charge in [-0.15, -0.1) is 11.3 Å². The van der Waals surface area contributed by atoms with E-state index in [0.717, 1.165) is 26.4 Å². The number of nitrogens with zero attached hydrogens (tertiary/aromatic N) is 3. The Labute approximate surface area is 189 Å². The molecule has 8 heteroatoms. The fourth-order valence-corrected chi connectivity index (χ4v) is 4.58. The lowest BCUT2D eigenvalue weighted by Gasteiger charge is -2.12. The van der Waals surface area contributed by atoms with E-state index in [1.165, 1.54) is 30.2 Å². The van der Waals surface area contributed by atoms with Gasteiger partial charge in [-0.05, 0) is 44.5 Å². The largest absolute Gasteiger partial charge is 0.493 e. The van der Waals surface area contributed by atoms with Gasteiger partial charge in [-0.3, -0.25) is 9.59 Å². The van der Waals surface area contributed by atoms with Gasteiger partial charge in [-0.25, -0.2) is 9.67 Å². The van der Waals surface area contributed by atoms with Crippen molar-refractivity contribution in [2.75, 3.05) is 14.2 Å². The van der Waals surface area contributed by atoms with Crippen molar-refractivity contribution in [2.24, 2.45) is 0 Å². The molecule has 0 aliphatic carbocycles. The summed E-state index contributed by atoms with van der Waals surface area (Å²) in [6, 6.07) is 11.0. The van der Waals surface area contributed by atoms with Crippen LogP contribution < -0.4 is 15.0 Å². The highest BCUT2D eigenvalue weighted by Gasteiger charge is 2.20. The second kappa shape index (κ2) is 8.55. The molecule has 2 heterocycles. The maximum Gasteiger partial charge on any atom is 0.294 e. The summed E-state index contributed by atoms with van der Waals surface area (Å²) in [6.45, 7) is 5.68. The first-order valence-electron chi connectivity index (χ1n) is 10.0. The molecule has 2 aromatic carbocycles. The summed E-state index contributed by atoms with van der Waals surface area (Å²) < 4.78 is 12.5. The number of carbonyl (C=O) groups excluding carboxylic acids is 1. The van der Waals surface area contributed by atoms with Crippen LogP contribution in [0.2, 0.25) is 0 Å². The van der Waals surface area contributed by atoms with Gasteiger partial charge in [-0.1, -0.05) is 23.8 Å². The molecule has 0 radical (unpaired) electrons. The Morgan fingerprint density at radius 3 is 2.47 bits per heavy atom. The number of carbonyl (C=O) groups is 1. The molecule has 4 rings (SSSR count). The zero-order chi connectivity index (χ0) is 23.0. The number of hydrogen-bond acceptors (Lipinski definition) is 7. The molecular weight excluding hydrogens is 426 g/mol. The number of thiazole rings is 1. The molecular formula is C24H23N3O4S. The fourth-order valence-electron chi connectivity index (χ4n) is 3.67. The molecule has 0 amide bonds. The molecule has 0 bridgehead atoms. The van der Waals surface area contributed by atoms with E-state index in [-0.39, 0.29) is 17.9 Å². The number of methoxy groups -OCH3 is 2. The Balaban J connectivity index is 1.82. The van der Waals surface area contributed by atoms with Crippen LogP contribution in [-0.4, -0.2) is 34.8 Å². The molecule has 0 fully saturated rings. The summed E-state index contributed by atoms with van der Waals surface area (Å²) in [4.78, 5) is 30.6. The number of benzene rings is 2. The van der Waals surface area contributed by atoms with Gasteiger partial charge in [0.2, 0.25) is 0 Å². The fraction of sp³-hybridized carbons (Fsp3) is 0.250. The number of rotatable bonds is 6. The summed E-state index contributed by atoms with van der Waals surface area (Å²) in [5.74, 6) is 0.703. The van der Waals surface area contributed by atoms with Crippen molar-refractivity contribution >= 4 is 27.3 Å². The first kappa shape index (κ1) is 21.7. The third-order valence-electron chi connectivity index (χ3n) is 5.24. The van der Waals surface area contributed by atoms with E-state index in [9.17, 15) is 9.59 Å². The number of ether oxygens (including phenoxy) is 2. The zero-order valence-corrected chi connectivity index (χ0v) is 19.4. The predicted molar refractivity (Wildman–Crippen MR) is 125 cm³/mol. The smallest absolute Gasteiger partial charge is 0.294 e. The summed E-state index contributed by atoms with van der Waals surface area (Å²) in [6.07, 6.45) is 0. The van der Waals surface area contributed by atoms with Crippen molar-refractivity contribution in [3.8, 4) is 22.8 Å². The van der Waals surface area contributed by atoms with Crippen LogP contribution in [0, 0.1) is 20.8 Å². The van der Waals surface area contributed by atoms with Crippen LogP contribution in [0.1, 0.15) is 26.5 Å². The lowest BCUT2D eigenvalue weighted by molar-refractivity contribution is 0.0965. The predicted octanol–water partition coefficient (Wildman–Crippen LogP) is 4.35. The number of Topliss-reactive ketones (excluding diaryl/α,β-unsaturated/α-hetero) is 1. The van der Waals surface area contributed by atoms with Gasteiger partial charge in [0, 0.05) is 11.1 Å². The van der Waals surface area contributed by atoms with Crippen molar-refractivity contribution < 1.29 is 14.3 Å². The van der Waals surface area contributed by atoms with E-state index >= 15 is 0 Å². The molecule has 164 valence electrons. The van der Waals surface area contributed by atoms with E-state index in [1.54, 1.807) is 18.2 Å². The molecule has 0 atom stereocenters. The molecule has 0 aliphatic rings. The Morgan fingerprint density at radius 2 is 1.78 bits per heavy atom. The van der Waals surface area contributed by atoms with E-state index in [4.69, 9.17) is 9.47 Å². The van der Waals surface area contributed by atoms with Gasteiger partial charge >= 0.3 is 0 Å². The van der Waals surface area contributed by atoms with Gasteiger partial charge < -0.3 is 9.47 Å². The molecule has 0 saturated heterocycles. The minimum absolute atomic E-state index is 0.210. The van der Waals surface area contributed by atoms with E-state index in [0.29, 0.717) is 28.3 Å². The Hall–Kier alpha value is -3.52. The highest BCUT2D eigenvalue weighted by Crippen LogP contribution is 2.32. The molecule has 4 aromatic rings. The maximum atomic E-state index is 13.1. The van der Waals surface area contributed by atoms with E-state index in [1.807, 2.05) is 32.9 Å². The van der Waals surface area contributed by atoms with Gasteiger partial charge in [0.05, 0.1) is 23.9 Å². The zero-order valence-electron chi connectivity index (χ0n) is 18.6. The van der Waals surface area contributed by atoms with Gasteiger partial charge in [0.1, 0.15) is 12.2 Å².